The first-order valence-corrected chi connectivity index (χ1v) is 7.87. The molecule has 0 saturated carbocycles. The molecule has 4 rings (SSSR count). The second-order valence-electron chi connectivity index (χ2n) is 5.70. The van der Waals surface area contributed by atoms with Crippen molar-refractivity contribution in [3.63, 3.8) is 0 Å². The fourth-order valence-electron chi connectivity index (χ4n) is 2.81. The molecule has 0 atom stereocenters. The number of nitrogens with zero attached hydrogens (tertiary/aromatic N) is 2. The van der Waals surface area contributed by atoms with Gasteiger partial charge in [0.1, 0.15) is 5.76 Å². The summed E-state index contributed by atoms with van der Waals surface area (Å²) in [5, 5.41) is 12.9. The molecule has 0 aromatic heterocycles. The van der Waals surface area contributed by atoms with Gasteiger partial charge in [-0.3, -0.25) is 14.9 Å². The topological polar surface area (TPSA) is 81.8 Å². The van der Waals surface area contributed by atoms with Crippen molar-refractivity contribution in [2.75, 3.05) is 0 Å². The molecule has 0 fully saturated rings. The Balaban J connectivity index is 1.69. The number of carbonyl (C=O) groups excluding carboxylic acids is 1. The lowest BCUT2D eigenvalue weighted by atomic mass is 10.0. The van der Waals surface area contributed by atoms with Gasteiger partial charge in [-0.15, -0.1) is 0 Å². The highest BCUT2D eigenvalue weighted by Crippen LogP contribution is 2.30. The van der Waals surface area contributed by atoms with Crippen LogP contribution in [0.25, 0.3) is 16.5 Å². The first kappa shape index (κ1) is 15.7. The third kappa shape index (κ3) is 2.84. The molecule has 1 heterocycles. The molecule has 126 valence electrons. The van der Waals surface area contributed by atoms with E-state index in [0.717, 1.165) is 16.3 Å². The van der Waals surface area contributed by atoms with E-state index >= 15 is 0 Å². The summed E-state index contributed by atoms with van der Waals surface area (Å²) < 4.78 is 5.66. The average Bonchev–Trinajstić information content (AvgIpc) is 3.02. The third-order valence-corrected chi connectivity index (χ3v) is 4.01. The Morgan fingerprint density at radius 1 is 0.962 bits per heavy atom. The van der Waals surface area contributed by atoms with Crippen LogP contribution in [0.2, 0.25) is 0 Å². The smallest absolute Gasteiger partial charge is 0.271 e. The molecular weight excluding hydrogens is 332 g/mol. The fourth-order valence-corrected chi connectivity index (χ4v) is 2.81. The molecule has 0 N–H and O–H groups in total. The van der Waals surface area contributed by atoms with Crippen LogP contribution >= 0.6 is 0 Å². The second kappa shape index (κ2) is 6.25. The maximum Gasteiger partial charge on any atom is 0.271 e. The van der Waals surface area contributed by atoms with Gasteiger partial charge in [-0.05, 0) is 16.8 Å². The van der Waals surface area contributed by atoms with Gasteiger partial charge >= 0.3 is 0 Å². The number of rotatable bonds is 3. The zero-order valence-electron chi connectivity index (χ0n) is 13.5. The molecule has 6 heteroatoms. The number of benzene rings is 3. The fraction of sp³-hybridized carbons (Fsp3) is 0. The van der Waals surface area contributed by atoms with E-state index in [-0.39, 0.29) is 23.1 Å². The number of ether oxygens (including phenoxy) is 1. The van der Waals surface area contributed by atoms with Crippen molar-refractivity contribution in [3.05, 3.63) is 88.5 Å². The Morgan fingerprint density at radius 2 is 1.73 bits per heavy atom. The highest BCUT2D eigenvalue weighted by atomic mass is 16.6. The summed E-state index contributed by atoms with van der Waals surface area (Å²) in [4.78, 5) is 26.7. The molecular formula is C20H12N2O4. The van der Waals surface area contributed by atoms with Crippen LogP contribution in [0.1, 0.15) is 5.56 Å². The van der Waals surface area contributed by atoms with Crippen molar-refractivity contribution < 1.29 is 14.5 Å². The van der Waals surface area contributed by atoms with E-state index in [4.69, 9.17) is 4.74 Å². The maximum absolute atomic E-state index is 12.3. The van der Waals surface area contributed by atoms with E-state index in [1.165, 1.54) is 24.3 Å². The molecule has 3 aromatic rings. The number of nitro benzene ring substituents is 1. The minimum Gasteiger partial charge on any atom is -0.435 e. The standard InChI is InChI=1S/C20H12N2O4/c23-18-12-19(17-10-3-6-13-5-1-2-9-16(13)17)26-20(18)21-14-7-4-8-15(11-14)22(24)25/h1-12H. The number of carbonyl (C=O) groups is 1. The summed E-state index contributed by atoms with van der Waals surface area (Å²) in [5.74, 6) is -0.0659. The summed E-state index contributed by atoms with van der Waals surface area (Å²) in [6.45, 7) is 0. The van der Waals surface area contributed by atoms with Crippen molar-refractivity contribution in [1.82, 2.24) is 0 Å². The Bertz CT molecular complexity index is 1110. The zero-order chi connectivity index (χ0) is 18.1. The van der Waals surface area contributed by atoms with E-state index in [9.17, 15) is 14.9 Å². The summed E-state index contributed by atoms with van der Waals surface area (Å²) in [7, 11) is 0. The summed E-state index contributed by atoms with van der Waals surface area (Å²) in [6, 6.07) is 19.3. The molecule has 3 aromatic carbocycles. The number of aliphatic imine (C=N–C) groups is 1. The SMILES string of the molecule is O=C1C=C(c2cccc3ccccc23)OC1=Nc1cccc([N+](=O)[O-])c1. The van der Waals surface area contributed by atoms with Crippen LogP contribution in [-0.4, -0.2) is 16.6 Å². The molecule has 0 aliphatic carbocycles. The number of hydrogen-bond acceptors (Lipinski definition) is 5. The van der Waals surface area contributed by atoms with Gasteiger partial charge in [0.2, 0.25) is 5.78 Å². The van der Waals surface area contributed by atoms with Gasteiger partial charge in [0.25, 0.3) is 11.6 Å². The molecule has 6 nitrogen and oxygen atoms in total. The number of hydrogen-bond donors (Lipinski definition) is 0. The monoisotopic (exact) mass is 344 g/mol. The highest BCUT2D eigenvalue weighted by molar-refractivity contribution is 6.45. The molecule has 26 heavy (non-hydrogen) atoms. The van der Waals surface area contributed by atoms with Crippen LogP contribution in [0.15, 0.2) is 77.8 Å². The molecule has 1 aliphatic rings. The molecule has 0 spiro atoms. The first-order chi connectivity index (χ1) is 12.6. The number of fused-ring (bicyclic) bond motifs is 1. The Kier molecular flexibility index (Phi) is 3.78. The largest absolute Gasteiger partial charge is 0.435 e. The number of ketones is 1. The van der Waals surface area contributed by atoms with E-state index in [1.807, 2.05) is 42.5 Å². The molecule has 0 unspecified atom stereocenters. The third-order valence-electron chi connectivity index (χ3n) is 4.01. The van der Waals surface area contributed by atoms with Crippen LogP contribution in [0.4, 0.5) is 11.4 Å². The van der Waals surface area contributed by atoms with Gasteiger partial charge in [-0.25, -0.2) is 4.99 Å². The lowest BCUT2D eigenvalue weighted by molar-refractivity contribution is -0.384. The quantitative estimate of drug-likeness (QED) is 0.520. The molecule has 0 radical (unpaired) electrons. The average molecular weight is 344 g/mol. The Hall–Kier alpha value is -3.80. The van der Waals surface area contributed by atoms with Crippen molar-refractivity contribution in [1.29, 1.82) is 0 Å². The lowest BCUT2D eigenvalue weighted by Crippen LogP contribution is -2.06. The molecule has 0 amide bonds. The number of nitro groups is 1. The summed E-state index contributed by atoms with van der Waals surface area (Å²) in [6.07, 6.45) is 1.39. The molecule has 1 aliphatic heterocycles. The van der Waals surface area contributed by atoms with Gasteiger partial charge in [0.05, 0.1) is 10.6 Å². The van der Waals surface area contributed by atoms with Gasteiger partial charge in [-0.2, -0.15) is 0 Å². The van der Waals surface area contributed by atoms with Crippen molar-refractivity contribution in [2.45, 2.75) is 0 Å². The van der Waals surface area contributed by atoms with Crippen LogP contribution in [0.5, 0.6) is 0 Å². The van der Waals surface area contributed by atoms with Crippen LogP contribution < -0.4 is 0 Å². The predicted octanol–water partition coefficient (Wildman–Crippen LogP) is 4.42. The lowest BCUT2D eigenvalue weighted by Gasteiger charge is -2.07. The Labute approximate surface area is 148 Å². The van der Waals surface area contributed by atoms with Gasteiger partial charge < -0.3 is 4.74 Å². The Morgan fingerprint density at radius 3 is 2.58 bits per heavy atom. The second-order valence-corrected chi connectivity index (χ2v) is 5.70. The van der Waals surface area contributed by atoms with Crippen molar-refractivity contribution in [2.24, 2.45) is 4.99 Å². The van der Waals surface area contributed by atoms with Crippen LogP contribution in [0.3, 0.4) is 0 Å². The minimum absolute atomic E-state index is 0.0977. The van der Waals surface area contributed by atoms with Gasteiger partial charge in [0.15, 0.2) is 0 Å². The van der Waals surface area contributed by atoms with Gasteiger partial charge in [0, 0.05) is 23.8 Å². The number of non-ortho nitro benzene ring substituents is 1. The van der Waals surface area contributed by atoms with E-state index in [2.05, 4.69) is 4.99 Å². The molecule has 0 bridgehead atoms. The predicted molar refractivity (Wildman–Crippen MR) is 98.2 cm³/mol. The van der Waals surface area contributed by atoms with Crippen LogP contribution in [0, 0.1) is 10.1 Å². The maximum atomic E-state index is 12.3. The highest BCUT2D eigenvalue weighted by Gasteiger charge is 2.25. The van der Waals surface area contributed by atoms with Crippen molar-refractivity contribution in [3.8, 4) is 0 Å². The van der Waals surface area contributed by atoms with E-state index in [0.29, 0.717) is 5.76 Å². The minimum atomic E-state index is -0.513. The summed E-state index contributed by atoms with van der Waals surface area (Å²) >= 11 is 0. The van der Waals surface area contributed by atoms with Gasteiger partial charge in [-0.1, -0.05) is 48.5 Å². The normalized spacial score (nSPS) is 15.2. The van der Waals surface area contributed by atoms with Crippen LogP contribution in [-0.2, 0) is 9.53 Å². The van der Waals surface area contributed by atoms with E-state index < -0.39 is 4.92 Å². The summed E-state index contributed by atoms with van der Waals surface area (Å²) in [5.41, 5.74) is 0.982. The first-order valence-electron chi connectivity index (χ1n) is 7.87. The zero-order valence-corrected chi connectivity index (χ0v) is 13.5. The molecule has 0 saturated heterocycles. The van der Waals surface area contributed by atoms with E-state index in [1.54, 1.807) is 6.07 Å². The van der Waals surface area contributed by atoms with Crippen molar-refractivity contribution >= 4 is 39.6 Å².